The van der Waals surface area contributed by atoms with Gasteiger partial charge in [-0.1, -0.05) is 24.3 Å². The number of hydrogen-bond donors (Lipinski definition) is 1. The largest absolute Gasteiger partial charge is 0.492 e. The van der Waals surface area contributed by atoms with Gasteiger partial charge < -0.3 is 24.8 Å². The first kappa shape index (κ1) is 23.5. The lowest BCUT2D eigenvalue weighted by atomic mass is 10.0. The summed E-state index contributed by atoms with van der Waals surface area (Å²) in [7, 11) is 0. The second-order valence-corrected chi connectivity index (χ2v) is 8.43. The van der Waals surface area contributed by atoms with E-state index in [9.17, 15) is 18.8 Å². The smallest absolute Gasteiger partial charge is 0.321 e. The molecule has 9 heteroatoms. The average molecular weight is 469 g/mol. The van der Waals surface area contributed by atoms with E-state index in [0.717, 1.165) is 0 Å². The number of ether oxygens (including phenoxy) is 1. The van der Waals surface area contributed by atoms with Crippen molar-refractivity contribution in [2.45, 2.75) is 32.4 Å². The number of nitrogens with one attached hydrogen (secondary N) is 1. The van der Waals surface area contributed by atoms with Gasteiger partial charge in [0.15, 0.2) is 0 Å². The highest BCUT2D eigenvalue weighted by molar-refractivity contribution is 6.35. The number of rotatable bonds is 6. The van der Waals surface area contributed by atoms with Gasteiger partial charge in [-0.05, 0) is 49.6 Å². The van der Waals surface area contributed by atoms with E-state index in [4.69, 9.17) is 4.74 Å². The number of urea groups is 1. The molecule has 2 aromatic rings. The molecule has 8 nitrogen and oxygen atoms in total. The standard InChI is InChI=1S/C25H29FN4O4/c1-2-34-22-9-4-3-8-21(22)27-25(33)28-12-10-20(11-13-28)30-15-14-29(23(31)24(30)32)17-18-6-5-7-19(26)16-18/h3-9,16,20H,2,10-15,17H2,1H3,(H,27,33). The molecule has 2 saturated heterocycles. The summed E-state index contributed by atoms with van der Waals surface area (Å²) >= 11 is 0. The van der Waals surface area contributed by atoms with Gasteiger partial charge in [0.2, 0.25) is 0 Å². The monoisotopic (exact) mass is 468 g/mol. The summed E-state index contributed by atoms with van der Waals surface area (Å²) in [4.78, 5) is 43.0. The van der Waals surface area contributed by atoms with Gasteiger partial charge >= 0.3 is 17.8 Å². The van der Waals surface area contributed by atoms with E-state index in [2.05, 4.69) is 5.32 Å². The maximum absolute atomic E-state index is 13.4. The Morgan fingerprint density at radius 1 is 1.03 bits per heavy atom. The molecule has 2 aliphatic rings. The number of piperazine rings is 1. The second-order valence-electron chi connectivity index (χ2n) is 8.43. The molecule has 2 aliphatic heterocycles. The van der Waals surface area contributed by atoms with Gasteiger partial charge in [-0.2, -0.15) is 0 Å². The zero-order valence-corrected chi connectivity index (χ0v) is 19.2. The van der Waals surface area contributed by atoms with Gasteiger partial charge in [0.05, 0.1) is 12.3 Å². The maximum atomic E-state index is 13.4. The second kappa shape index (κ2) is 10.5. The van der Waals surface area contributed by atoms with Crippen LogP contribution < -0.4 is 10.1 Å². The third-order valence-corrected chi connectivity index (χ3v) is 6.23. The van der Waals surface area contributed by atoms with E-state index in [0.29, 0.717) is 62.6 Å². The SMILES string of the molecule is CCOc1ccccc1NC(=O)N1CCC(N2CCN(Cc3cccc(F)c3)C(=O)C2=O)CC1. The summed E-state index contributed by atoms with van der Waals surface area (Å²) in [5.74, 6) is -0.847. The molecule has 2 aromatic carbocycles. The van der Waals surface area contributed by atoms with Gasteiger partial charge in [-0.25, -0.2) is 9.18 Å². The fraction of sp³-hybridized carbons (Fsp3) is 0.400. The number of halogens is 1. The molecule has 4 rings (SSSR count). The Labute approximate surface area is 198 Å². The molecule has 0 spiro atoms. The summed E-state index contributed by atoms with van der Waals surface area (Å²) in [5, 5.41) is 2.90. The van der Waals surface area contributed by atoms with E-state index in [1.165, 1.54) is 17.0 Å². The van der Waals surface area contributed by atoms with Crippen LogP contribution in [0.4, 0.5) is 14.9 Å². The van der Waals surface area contributed by atoms with Crippen LogP contribution in [0.3, 0.4) is 0 Å². The fourth-order valence-corrected chi connectivity index (χ4v) is 4.47. The van der Waals surface area contributed by atoms with E-state index < -0.39 is 11.8 Å². The Morgan fingerprint density at radius 2 is 1.79 bits per heavy atom. The van der Waals surface area contributed by atoms with Crippen LogP contribution in [-0.2, 0) is 16.1 Å². The lowest BCUT2D eigenvalue weighted by Gasteiger charge is -2.42. The van der Waals surface area contributed by atoms with Crippen LogP contribution in [0.15, 0.2) is 48.5 Å². The number of carbonyl (C=O) groups is 3. The molecule has 0 aliphatic carbocycles. The van der Waals surface area contributed by atoms with Crippen LogP contribution in [0, 0.1) is 5.82 Å². The summed E-state index contributed by atoms with van der Waals surface area (Å²) in [6.45, 7) is 4.39. The van der Waals surface area contributed by atoms with Crippen molar-refractivity contribution in [3.05, 3.63) is 59.9 Å². The molecule has 0 bridgehead atoms. The van der Waals surface area contributed by atoms with E-state index >= 15 is 0 Å². The minimum Gasteiger partial charge on any atom is -0.492 e. The molecule has 0 saturated carbocycles. The maximum Gasteiger partial charge on any atom is 0.321 e. The first-order valence-electron chi connectivity index (χ1n) is 11.6. The van der Waals surface area contributed by atoms with Crippen LogP contribution in [-0.4, -0.2) is 71.4 Å². The minimum atomic E-state index is -0.566. The van der Waals surface area contributed by atoms with Crippen molar-refractivity contribution in [3.8, 4) is 5.75 Å². The number of carbonyl (C=O) groups excluding carboxylic acids is 3. The Morgan fingerprint density at radius 3 is 2.53 bits per heavy atom. The van der Waals surface area contributed by atoms with Crippen molar-refractivity contribution < 1.29 is 23.5 Å². The molecule has 0 radical (unpaired) electrons. The van der Waals surface area contributed by atoms with E-state index in [1.54, 1.807) is 28.0 Å². The Balaban J connectivity index is 1.30. The van der Waals surface area contributed by atoms with Crippen molar-refractivity contribution in [1.82, 2.24) is 14.7 Å². The highest BCUT2D eigenvalue weighted by Gasteiger charge is 2.38. The average Bonchev–Trinajstić information content (AvgIpc) is 2.84. The predicted octanol–water partition coefficient (Wildman–Crippen LogP) is 3.09. The number of amides is 4. The summed E-state index contributed by atoms with van der Waals surface area (Å²) < 4.78 is 19.0. The van der Waals surface area contributed by atoms with Gasteiger partial charge in [0.1, 0.15) is 11.6 Å². The molecule has 180 valence electrons. The molecular formula is C25H29FN4O4. The molecule has 34 heavy (non-hydrogen) atoms. The van der Waals surface area contributed by atoms with Crippen LogP contribution in [0.25, 0.3) is 0 Å². The number of likely N-dealkylation sites (tertiary alicyclic amines) is 1. The van der Waals surface area contributed by atoms with Crippen molar-refractivity contribution in [1.29, 1.82) is 0 Å². The van der Waals surface area contributed by atoms with E-state index in [-0.39, 0.29) is 24.4 Å². The summed E-state index contributed by atoms with van der Waals surface area (Å²) in [6.07, 6.45) is 1.20. The number of para-hydroxylation sites is 2. The van der Waals surface area contributed by atoms with Crippen molar-refractivity contribution in [2.24, 2.45) is 0 Å². The minimum absolute atomic E-state index is 0.0902. The zero-order chi connectivity index (χ0) is 24.1. The normalized spacial score (nSPS) is 17.2. The van der Waals surface area contributed by atoms with E-state index in [1.807, 2.05) is 25.1 Å². The van der Waals surface area contributed by atoms with Gasteiger partial charge in [-0.3, -0.25) is 9.59 Å². The van der Waals surface area contributed by atoms with Crippen molar-refractivity contribution in [2.75, 3.05) is 38.1 Å². The number of benzene rings is 2. The Bertz CT molecular complexity index is 1050. The quantitative estimate of drug-likeness (QED) is 0.661. The molecule has 2 fully saturated rings. The van der Waals surface area contributed by atoms with Crippen molar-refractivity contribution >= 4 is 23.5 Å². The van der Waals surface area contributed by atoms with Crippen LogP contribution in [0.5, 0.6) is 5.75 Å². The van der Waals surface area contributed by atoms with Gasteiger partial charge in [0, 0.05) is 38.8 Å². The first-order chi connectivity index (χ1) is 16.5. The first-order valence-corrected chi connectivity index (χ1v) is 11.6. The van der Waals surface area contributed by atoms with Crippen LogP contribution in [0.2, 0.25) is 0 Å². The molecule has 1 N–H and O–H groups in total. The van der Waals surface area contributed by atoms with Crippen LogP contribution in [0.1, 0.15) is 25.3 Å². The number of piperidine rings is 1. The third-order valence-electron chi connectivity index (χ3n) is 6.23. The van der Waals surface area contributed by atoms with Gasteiger partial charge in [0.25, 0.3) is 0 Å². The predicted molar refractivity (Wildman–Crippen MR) is 125 cm³/mol. The molecule has 0 unspecified atom stereocenters. The lowest BCUT2D eigenvalue weighted by Crippen LogP contribution is -2.59. The molecule has 4 amide bonds. The lowest BCUT2D eigenvalue weighted by molar-refractivity contribution is -0.158. The fourth-order valence-electron chi connectivity index (χ4n) is 4.47. The Kier molecular flexibility index (Phi) is 7.30. The van der Waals surface area contributed by atoms with Gasteiger partial charge in [-0.15, -0.1) is 0 Å². The van der Waals surface area contributed by atoms with Crippen LogP contribution >= 0.6 is 0 Å². The van der Waals surface area contributed by atoms with Crippen molar-refractivity contribution in [3.63, 3.8) is 0 Å². The zero-order valence-electron chi connectivity index (χ0n) is 19.2. The number of hydrogen-bond acceptors (Lipinski definition) is 4. The molecule has 2 heterocycles. The topological polar surface area (TPSA) is 82.2 Å². The molecule has 0 atom stereocenters. The number of anilines is 1. The summed E-state index contributed by atoms with van der Waals surface area (Å²) in [5.41, 5.74) is 1.27. The highest BCUT2D eigenvalue weighted by atomic mass is 19.1. The third kappa shape index (κ3) is 5.30. The molecule has 0 aromatic heterocycles. The highest BCUT2D eigenvalue weighted by Crippen LogP contribution is 2.25. The summed E-state index contributed by atoms with van der Waals surface area (Å²) in [6, 6.07) is 13.0. The number of nitrogens with zero attached hydrogens (tertiary/aromatic N) is 3. The molecular weight excluding hydrogens is 439 g/mol. The Hall–Kier alpha value is -3.62.